The third kappa shape index (κ3) is 5.26. The normalized spacial score (nSPS) is 12.8. The minimum atomic E-state index is 0. The van der Waals surface area contributed by atoms with Gasteiger partial charge in [-0.2, -0.15) is 0 Å². The maximum atomic E-state index is 5.40. The van der Waals surface area contributed by atoms with Gasteiger partial charge in [-0.05, 0) is 30.0 Å². The molecule has 8 heteroatoms. The van der Waals surface area contributed by atoms with E-state index in [4.69, 9.17) is 14.0 Å². The Hall–Kier alpha value is -1.97. The van der Waals surface area contributed by atoms with Crippen molar-refractivity contribution in [3.05, 3.63) is 41.3 Å². The number of halogens is 1. The van der Waals surface area contributed by atoms with Crippen LogP contribution in [-0.4, -0.2) is 31.5 Å². The predicted octanol–water partition coefficient (Wildman–Crippen LogP) is 3.05. The van der Waals surface area contributed by atoms with Crippen molar-refractivity contribution in [1.82, 2.24) is 15.8 Å². The monoisotopic (exact) mass is 472 g/mol. The van der Waals surface area contributed by atoms with E-state index in [2.05, 4.69) is 34.6 Å². The van der Waals surface area contributed by atoms with E-state index in [9.17, 15) is 0 Å². The minimum Gasteiger partial charge on any atom is -0.454 e. The lowest BCUT2D eigenvalue weighted by molar-refractivity contribution is 0.174. The molecule has 0 saturated heterocycles. The summed E-state index contributed by atoms with van der Waals surface area (Å²) in [6.07, 6.45) is 0.858. The minimum absolute atomic E-state index is 0. The van der Waals surface area contributed by atoms with Crippen LogP contribution in [-0.2, 0) is 13.0 Å². The molecule has 0 saturated carbocycles. The van der Waals surface area contributed by atoms with Gasteiger partial charge in [0.2, 0.25) is 6.79 Å². The number of nitrogens with one attached hydrogen (secondary N) is 2. The number of aliphatic imine (C=N–C) groups is 1. The second-order valence-electron chi connectivity index (χ2n) is 6.16. The van der Waals surface area contributed by atoms with Crippen molar-refractivity contribution in [2.24, 2.45) is 4.99 Å². The van der Waals surface area contributed by atoms with Gasteiger partial charge in [0, 0.05) is 19.7 Å². The molecular weight excluding hydrogens is 447 g/mol. The Morgan fingerprint density at radius 3 is 2.73 bits per heavy atom. The summed E-state index contributed by atoms with van der Waals surface area (Å²) in [4.78, 5) is 4.22. The van der Waals surface area contributed by atoms with Crippen molar-refractivity contribution in [2.45, 2.75) is 32.7 Å². The van der Waals surface area contributed by atoms with Gasteiger partial charge in [-0.1, -0.05) is 25.1 Å². The molecule has 26 heavy (non-hydrogen) atoms. The Morgan fingerprint density at radius 2 is 2.00 bits per heavy atom. The van der Waals surface area contributed by atoms with Crippen LogP contribution in [0.5, 0.6) is 11.5 Å². The molecule has 0 fully saturated rings. The van der Waals surface area contributed by atoms with Gasteiger partial charge in [0.15, 0.2) is 23.2 Å². The van der Waals surface area contributed by atoms with Crippen LogP contribution < -0.4 is 20.1 Å². The van der Waals surface area contributed by atoms with Gasteiger partial charge < -0.3 is 24.6 Å². The van der Waals surface area contributed by atoms with E-state index in [0.29, 0.717) is 19.3 Å². The molecule has 1 aliphatic heterocycles. The number of guanidine groups is 1. The maximum Gasteiger partial charge on any atom is 0.231 e. The van der Waals surface area contributed by atoms with Crippen LogP contribution in [0.1, 0.15) is 36.8 Å². The lowest BCUT2D eigenvalue weighted by Gasteiger charge is -2.11. The number of benzene rings is 1. The summed E-state index contributed by atoms with van der Waals surface area (Å²) >= 11 is 0. The molecule has 2 N–H and O–H groups in total. The van der Waals surface area contributed by atoms with Crippen LogP contribution in [0.25, 0.3) is 0 Å². The first-order valence-corrected chi connectivity index (χ1v) is 8.44. The highest BCUT2D eigenvalue weighted by Gasteiger charge is 2.13. The molecule has 2 heterocycles. The second kappa shape index (κ2) is 9.65. The lowest BCUT2D eigenvalue weighted by Crippen LogP contribution is -2.37. The fourth-order valence-corrected chi connectivity index (χ4v) is 2.50. The van der Waals surface area contributed by atoms with E-state index in [1.807, 2.05) is 24.3 Å². The molecule has 142 valence electrons. The number of nitrogens with zero attached hydrogens (tertiary/aromatic N) is 2. The highest BCUT2D eigenvalue weighted by Crippen LogP contribution is 2.32. The Morgan fingerprint density at radius 1 is 1.19 bits per heavy atom. The quantitative estimate of drug-likeness (QED) is 0.382. The van der Waals surface area contributed by atoms with Gasteiger partial charge in [0.05, 0.1) is 12.2 Å². The van der Waals surface area contributed by atoms with Gasteiger partial charge in [0.25, 0.3) is 0 Å². The van der Waals surface area contributed by atoms with Crippen molar-refractivity contribution >= 4 is 29.9 Å². The van der Waals surface area contributed by atoms with Crippen molar-refractivity contribution in [1.29, 1.82) is 0 Å². The molecule has 1 aliphatic rings. The Balaban J connectivity index is 0.00000243. The standard InChI is InChI=1S/C18H24N4O3.HI/c1-12(2)15-9-14(25-22-15)10-21-18(19-3)20-7-6-13-4-5-16-17(8-13)24-11-23-16;/h4-5,8-9,12H,6-7,10-11H2,1-3H3,(H2,19,20,21);1H. The van der Waals surface area contributed by atoms with Crippen LogP contribution >= 0.6 is 24.0 Å². The van der Waals surface area contributed by atoms with Crippen LogP contribution in [0.15, 0.2) is 33.8 Å². The summed E-state index contributed by atoms with van der Waals surface area (Å²) in [6, 6.07) is 7.98. The summed E-state index contributed by atoms with van der Waals surface area (Å²) in [5, 5.41) is 10.6. The summed E-state index contributed by atoms with van der Waals surface area (Å²) in [6.45, 7) is 5.78. The molecule has 0 unspecified atom stereocenters. The summed E-state index contributed by atoms with van der Waals surface area (Å²) < 4.78 is 16.0. The number of fused-ring (bicyclic) bond motifs is 1. The van der Waals surface area contributed by atoms with Gasteiger partial charge >= 0.3 is 0 Å². The molecule has 0 amide bonds. The zero-order valence-electron chi connectivity index (χ0n) is 15.2. The number of ether oxygens (including phenoxy) is 2. The summed E-state index contributed by atoms with van der Waals surface area (Å²) in [7, 11) is 1.75. The first-order chi connectivity index (χ1) is 12.2. The number of hydrogen-bond donors (Lipinski definition) is 2. The van der Waals surface area contributed by atoms with E-state index < -0.39 is 0 Å². The van der Waals surface area contributed by atoms with E-state index in [1.54, 1.807) is 7.05 Å². The number of aromatic nitrogens is 1. The molecule has 0 aliphatic carbocycles. The molecule has 0 spiro atoms. The zero-order valence-corrected chi connectivity index (χ0v) is 17.6. The number of rotatable bonds is 6. The smallest absolute Gasteiger partial charge is 0.231 e. The molecule has 2 aromatic rings. The third-order valence-corrected chi connectivity index (χ3v) is 3.97. The average molecular weight is 472 g/mol. The van der Waals surface area contributed by atoms with Gasteiger partial charge in [0.1, 0.15) is 0 Å². The van der Waals surface area contributed by atoms with Crippen molar-refractivity contribution in [3.8, 4) is 11.5 Å². The average Bonchev–Trinajstić information content (AvgIpc) is 3.26. The zero-order chi connectivity index (χ0) is 17.6. The largest absolute Gasteiger partial charge is 0.454 e. The molecule has 3 rings (SSSR count). The Bertz CT molecular complexity index is 746. The van der Waals surface area contributed by atoms with Crippen LogP contribution in [0, 0.1) is 0 Å². The van der Waals surface area contributed by atoms with E-state index >= 15 is 0 Å². The maximum absolute atomic E-state index is 5.40. The second-order valence-corrected chi connectivity index (χ2v) is 6.16. The van der Waals surface area contributed by atoms with Crippen molar-refractivity contribution < 1.29 is 14.0 Å². The first-order valence-electron chi connectivity index (χ1n) is 8.44. The fourth-order valence-electron chi connectivity index (χ4n) is 2.50. The molecule has 0 radical (unpaired) electrons. The Labute approximate surface area is 170 Å². The van der Waals surface area contributed by atoms with E-state index in [0.717, 1.165) is 41.9 Å². The molecule has 0 bridgehead atoms. The lowest BCUT2D eigenvalue weighted by atomic mass is 10.1. The Kier molecular flexibility index (Phi) is 7.55. The molecule has 1 aromatic carbocycles. The molecular formula is C18H25IN4O3. The highest BCUT2D eigenvalue weighted by molar-refractivity contribution is 14.0. The van der Waals surface area contributed by atoms with E-state index in [-0.39, 0.29) is 24.0 Å². The topological polar surface area (TPSA) is 80.9 Å². The third-order valence-electron chi connectivity index (χ3n) is 3.97. The molecule has 1 aromatic heterocycles. The number of hydrogen-bond acceptors (Lipinski definition) is 5. The van der Waals surface area contributed by atoms with Gasteiger partial charge in [-0.25, -0.2) is 0 Å². The van der Waals surface area contributed by atoms with Crippen molar-refractivity contribution in [3.63, 3.8) is 0 Å². The van der Waals surface area contributed by atoms with E-state index in [1.165, 1.54) is 5.56 Å². The van der Waals surface area contributed by atoms with Gasteiger partial charge in [-0.3, -0.25) is 4.99 Å². The summed E-state index contributed by atoms with van der Waals surface area (Å²) in [5.74, 6) is 3.50. The molecule has 0 atom stereocenters. The predicted molar refractivity (Wildman–Crippen MR) is 110 cm³/mol. The van der Waals surface area contributed by atoms with Gasteiger partial charge in [-0.15, -0.1) is 24.0 Å². The highest BCUT2D eigenvalue weighted by atomic mass is 127. The first kappa shape index (κ1) is 20.3. The fraction of sp³-hybridized carbons (Fsp3) is 0.444. The SMILES string of the molecule is CN=C(NCCc1ccc2c(c1)OCO2)NCc1cc(C(C)C)no1.I. The van der Waals surface area contributed by atoms with Crippen LogP contribution in [0.3, 0.4) is 0 Å². The summed E-state index contributed by atoms with van der Waals surface area (Å²) in [5.41, 5.74) is 2.14. The van der Waals surface area contributed by atoms with Crippen LogP contribution in [0.2, 0.25) is 0 Å². The van der Waals surface area contributed by atoms with Crippen molar-refractivity contribution in [2.75, 3.05) is 20.4 Å². The van der Waals surface area contributed by atoms with Crippen LogP contribution in [0.4, 0.5) is 0 Å². The molecule has 7 nitrogen and oxygen atoms in total.